The first-order chi connectivity index (χ1) is 12.1. The Hall–Kier alpha value is -2.25. The normalized spacial score (nSPS) is 26.2. The molecule has 0 spiro atoms. The van der Waals surface area contributed by atoms with Crippen LogP contribution >= 0.6 is 0 Å². The minimum atomic E-state index is -0.947. The molecular formula is C19H23N3O3. The van der Waals surface area contributed by atoms with Crippen LogP contribution in [0.1, 0.15) is 17.3 Å². The lowest BCUT2D eigenvalue weighted by Crippen LogP contribution is -2.67. The molecule has 0 aliphatic carbocycles. The van der Waals surface area contributed by atoms with Gasteiger partial charge in [0.2, 0.25) is 0 Å². The van der Waals surface area contributed by atoms with E-state index in [4.69, 9.17) is 0 Å². The lowest BCUT2D eigenvalue weighted by atomic mass is 9.98. The highest BCUT2D eigenvalue weighted by molar-refractivity contribution is 5.94. The second-order valence-electron chi connectivity index (χ2n) is 6.32. The molecule has 1 saturated heterocycles. The molecule has 1 aliphatic rings. The van der Waals surface area contributed by atoms with E-state index in [-0.39, 0.29) is 18.5 Å². The standard InChI is InChI=1S/C19H23N3O3/c1-12-17(23)18(24)16(22-21-12)11-20-19(25)15-9-7-14(8-10-15)13-5-3-2-4-6-13/h2-10,12,16-18,21-24H,11H2,1H3,(H,20,25)/t12-,16+,17-,18+/m1/s1. The van der Waals surface area contributed by atoms with Crippen molar-refractivity contribution in [1.29, 1.82) is 0 Å². The van der Waals surface area contributed by atoms with Gasteiger partial charge in [0.05, 0.1) is 18.2 Å². The number of carbonyl (C=O) groups is 1. The Bertz CT molecular complexity index is 706. The molecule has 4 atom stereocenters. The fourth-order valence-corrected chi connectivity index (χ4v) is 2.86. The van der Waals surface area contributed by atoms with Gasteiger partial charge in [-0.15, -0.1) is 0 Å². The summed E-state index contributed by atoms with van der Waals surface area (Å²) in [5.41, 5.74) is 8.49. The molecule has 1 heterocycles. The lowest BCUT2D eigenvalue weighted by Gasteiger charge is -2.37. The highest BCUT2D eigenvalue weighted by Crippen LogP contribution is 2.19. The van der Waals surface area contributed by atoms with Crippen molar-refractivity contribution in [1.82, 2.24) is 16.2 Å². The zero-order valence-corrected chi connectivity index (χ0v) is 14.0. The number of amides is 1. The third kappa shape index (κ3) is 4.05. The van der Waals surface area contributed by atoms with Crippen molar-refractivity contribution < 1.29 is 15.0 Å². The number of aliphatic hydroxyl groups excluding tert-OH is 2. The average Bonchev–Trinajstić information content (AvgIpc) is 2.66. The van der Waals surface area contributed by atoms with Crippen LogP contribution in [0.2, 0.25) is 0 Å². The van der Waals surface area contributed by atoms with E-state index in [1.54, 1.807) is 19.1 Å². The Morgan fingerprint density at radius 3 is 2.28 bits per heavy atom. The molecule has 2 aromatic rings. The van der Waals surface area contributed by atoms with Gasteiger partial charge >= 0.3 is 0 Å². The Balaban J connectivity index is 1.58. The van der Waals surface area contributed by atoms with Crippen LogP contribution in [0, 0.1) is 0 Å². The molecule has 1 aliphatic heterocycles. The molecule has 6 nitrogen and oxygen atoms in total. The largest absolute Gasteiger partial charge is 0.389 e. The van der Waals surface area contributed by atoms with E-state index < -0.39 is 18.2 Å². The van der Waals surface area contributed by atoms with Crippen molar-refractivity contribution in [3.8, 4) is 11.1 Å². The summed E-state index contributed by atoms with van der Waals surface area (Å²) in [6.45, 7) is 1.97. The third-order valence-corrected chi connectivity index (χ3v) is 4.51. The SMILES string of the molecule is C[C@H]1NN[C@@H](CNC(=O)c2ccc(-c3ccccc3)cc2)[C@H](O)[C@@H]1O. The van der Waals surface area contributed by atoms with Crippen molar-refractivity contribution in [2.75, 3.05) is 6.54 Å². The van der Waals surface area contributed by atoms with Crippen molar-refractivity contribution in [3.05, 3.63) is 60.2 Å². The third-order valence-electron chi connectivity index (χ3n) is 4.51. The number of aliphatic hydroxyl groups is 2. The molecular weight excluding hydrogens is 318 g/mol. The number of benzene rings is 2. The number of rotatable bonds is 4. The van der Waals surface area contributed by atoms with Gasteiger partial charge in [0.25, 0.3) is 5.91 Å². The van der Waals surface area contributed by atoms with E-state index in [9.17, 15) is 15.0 Å². The number of hydrogen-bond donors (Lipinski definition) is 5. The summed E-state index contributed by atoms with van der Waals surface area (Å²) in [5, 5.41) is 22.7. The molecule has 132 valence electrons. The van der Waals surface area contributed by atoms with Crippen molar-refractivity contribution >= 4 is 5.91 Å². The van der Waals surface area contributed by atoms with Gasteiger partial charge in [-0.05, 0) is 30.2 Å². The van der Waals surface area contributed by atoms with E-state index in [1.165, 1.54) is 0 Å². The molecule has 6 heteroatoms. The molecule has 3 rings (SSSR count). The van der Waals surface area contributed by atoms with Gasteiger partial charge in [-0.3, -0.25) is 10.2 Å². The van der Waals surface area contributed by atoms with Crippen LogP contribution in [0.25, 0.3) is 11.1 Å². The Labute approximate surface area is 146 Å². The fourth-order valence-electron chi connectivity index (χ4n) is 2.86. The van der Waals surface area contributed by atoms with Crippen LogP contribution in [0.5, 0.6) is 0 Å². The smallest absolute Gasteiger partial charge is 0.251 e. The second-order valence-corrected chi connectivity index (χ2v) is 6.32. The maximum absolute atomic E-state index is 12.3. The van der Waals surface area contributed by atoms with Crippen LogP contribution in [-0.4, -0.2) is 47.0 Å². The van der Waals surface area contributed by atoms with E-state index in [1.807, 2.05) is 42.5 Å². The summed E-state index contributed by atoms with van der Waals surface area (Å²) < 4.78 is 0. The summed E-state index contributed by atoms with van der Waals surface area (Å²) in [7, 11) is 0. The molecule has 2 aromatic carbocycles. The molecule has 0 bridgehead atoms. The number of nitrogens with one attached hydrogen (secondary N) is 3. The van der Waals surface area contributed by atoms with Crippen LogP contribution in [0.4, 0.5) is 0 Å². The topological polar surface area (TPSA) is 93.6 Å². The number of hydrogen-bond acceptors (Lipinski definition) is 5. The van der Waals surface area contributed by atoms with Gasteiger partial charge in [0, 0.05) is 18.2 Å². The van der Waals surface area contributed by atoms with Crippen LogP contribution in [0.15, 0.2) is 54.6 Å². The maximum Gasteiger partial charge on any atom is 0.251 e. The monoisotopic (exact) mass is 341 g/mol. The van der Waals surface area contributed by atoms with Crippen molar-refractivity contribution in [2.24, 2.45) is 0 Å². The molecule has 1 fully saturated rings. The molecule has 5 N–H and O–H groups in total. The highest BCUT2D eigenvalue weighted by Gasteiger charge is 2.34. The van der Waals surface area contributed by atoms with Crippen molar-refractivity contribution in [3.63, 3.8) is 0 Å². The Morgan fingerprint density at radius 1 is 0.960 bits per heavy atom. The molecule has 0 saturated carbocycles. The molecule has 1 amide bonds. The first kappa shape index (κ1) is 17.6. The average molecular weight is 341 g/mol. The number of hydrazine groups is 1. The maximum atomic E-state index is 12.3. The fraction of sp³-hybridized carbons (Fsp3) is 0.316. The van der Waals surface area contributed by atoms with Crippen molar-refractivity contribution in [2.45, 2.75) is 31.2 Å². The van der Waals surface area contributed by atoms with Gasteiger partial charge in [-0.25, -0.2) is 5.43 Å². The van der Waals surface area contributed by atoms with E-state index in [0.717, 1.165) is 11.1 Å². The highest BCUT2D eigenvalue weighted by atomic mass is 16.3. The Morgan fingerprint density at radius 2 is 1.60 bits per heavy atom. The molecule has 0 aromatic heterocycles. The quantitative estimate of drug-likeness (QED) is 0.564. The zero-order chi connectivity index (χ0) is 17.8. The molecule has 0 radical (unpaired) electrons. The predicted molar refractivity (Wildman–Crippen MR) is 95.7 cm³/mol. The summed E-state index contributed by atoms with van der Waals surface area (Å²) in [5.74, 6) is -0.221. The lowest BCUT2D eigenvalue weighted by molar-refractivity contribution is -0.0523. The number of carbonyl (C=O) groups excluding carboxylic acids is 1. The second kappa shape index (κ2) is 7.76. The first-order valence-electron chi connectivity index (χ1n) is 8.37. The summed E-state index contributed by atoms with van der Waals surface area (Å²) >= 11 is 0. The van der Waals surface area contributed by atoms with Crippen LogP contribution in [-0.2, 0) is 0 Å². The van der Waals surface area contributed by atoms with Gasteiger partial charge in [-0.1, -0.05) is 42.5 Å². The predicted octanol–water partition coefficient (Wildman–Crippen LogP) is 0.670. The minimum absolute atomic E-state index is 0.206. The summed E-state index contributed by atoms with van der Waals surface area (Å²) in [6.07, 6.45) is -1.83. The minimum Gasteiger partial charge on any atom is -0.389 e. The van der Waals surface area contributed by atoms with E-state index >= 15 is 0 Å². The van der Waals surface area contributed by atoms with Crippen LogP contribution in [0.3, 0.4) is 0 Å². The first-order valence-corrected chi connectivity index (χ1v) is 8.37. The van der Waals surface area contributed by atoms with Gasteiger partial charge in [0.1, 0.15) is 0 Å². The van der Waals surface area contributed by atoms with Gasteiger partial charge in [-0.2, -0.15) is 0 Å². The van der Waals surface area contributed by atoms with Gasteiger partial charge < -0.3 is 15.5 Å². The molecule has 0 unspecified atom stereocenters. The zero-order valence-electron chi connectivity index (χ0n) is 14.0. The Kier molecular flexibility index (Phi) is 5.45. The summed E-state index contributed by atoms with van der Waals surface area (Å²) in [6, 6.07) is 16.6. The summed E-state index contributed by atoms with van der Waals surface area (Å²) in [4.78, 5) is 12.3. The van der Waals surface area contributed by atoms with E-state index in [0.29, 0.717) is 5.56 Å². The molecule has 25 heavy (non-hydrogen) atoms. The van der Waals surface area contributed by atoms with Gasteiger partial charge in [0.15, 0.2) is 0 Å². The van der Waals surface area contributed by atoms with Crippen LogP contribution < -0.4 is 16.2 Å². The van der Waals surface area contributed by atoms with E-state index in [2.05, 4.69) is 16.2 Å².